The van der Waals surface area contributed by atoms with Gasteiger partial charge in [0.25, 0.3) is 5.91 Å². The van der Waals surface area contributed by atoms with Crippen molar-refractivity contribution in [3.63, 3.8) is 0 Å². The van der Waals surface area contributed by atoms with Gasteiger partial charge in [-0.1, -0.05) is 37.6 Å². The molecule has 3 rings (SSSR count). The van der Waals surface area contributed by atoms with Gasteiger partial charge in [0.2, 0.25) is 10.0 Å². The molecule has 0 aliphatic heterocycles. The molecule has 2 aromatic carbocycles. The summed E-state index contributed by atoms with van der Waals surface area (Å²) in [5.74, 6) is -0.284. The molecule has 1 heterocycles. The minimum atomic E-state index is -3.84. The number of hydrogen-bond donors (Lipinski definition) is 2. The molecule has 7 heteroatoms. The zero-order valence-electron chi connectivity index (χ0n) is 15.5. The fourth-order valence-electron chi connectivity index (χ4n) is 3.03. The molecular formula is C21H22N2O3S2. The third-order valence-corrected chi connectivity index (χ3v) is 6.18. The lowest BCUT2D eigenvalue weighted by Crippen LogP contribution is -2.16. The van der Waals surface area contributed by atoms with Crippen LogP contribution in [0.15, 0.2) is 64.9 Å². The molecule has 1 amide bonds. The largest absolute Gasteiger partial charge is 0.322 e. The Morgan fingerprint density at radius 1 is 1.11 bits per heavy atom. The Hall–Kier alpha value is -2.48. The van der Waals surface area contributed by atoms with E-state index in [9.17, 15) is 13.2 Å². The van der Waals surface area contributed by atoms with E-state index in [0.717, 1.165) is 35.3 Å². The minimum absolute atomic E-state index is 0.0412. The number of thiophene rings is 1. The van der Waals surface area contributed by atoms with E-state index in [-0.39, 0.29) is 10.8 Å². The molecule has 0 radical (unpaired) electrons. The van der Waals surface area contributed by atoms with Crippen molar-refractivity contribution in [2.45, 2.75) is 31.1 Å². The number of unbranched alkanes of at least 4 members (excludes halogenated alkanes) is 1. The van der Waals surface area contributed by atoms with Crippen molar-refractivity contribution >= 4 is 33.0 Å². The highest BCUT2D eigenvalue weighted by molar-refractivity contribution is 7.89. The Bertz CT molecular complexity index is 1070. The number of rotatable bonds is 7. The highest BCUT2D eigenvalue weighted by Crippen LogP contribution is 2.33. The van der Waals surface area contributed by atoms with Crippen molar-refractivity contribution in [2.24, 2.45) is 5.14 Å². The maximum absolute atomic E-state index is 13.0. The van der Waals surface area contributed by atoms with Crippen LogP contribution in [0.3, 0.4) is 0 Å². The van der Waals surface area contributed by atoms with Crippen LogP contribution in [0, 0.1) is 0 Å². The van der Waals surface area contributed by atoms with Crippen LogP contribution in [0.4, 0.5) is 5.69 Å². The molecule has 0 spiro atoms. The second-order valence-corrected chi connectivity index (χ2v) is 8.96. The van der Waals surface area contributed by atoms with Gasteiger partial charge in [-0.3, -0.25) is 4.79 Å². The Morgan fingerprint density at radius 2 is 1.89 bits per heavy atom. The Morgan fingerprint density at radius 3 is 2.57 bits per heavy atom. The Balaban J connectivity index is 1.98. The van der Waals surface area contributed by atoms with E-state index in [2.05, 4.69) is 18.3 Å². The van der Waals surface area contributed by atoms with Gasteiger partial charge in [0.15, 0.2) is 0 Å². The van der Waals surface area contributed by atoms with Crippen LogP contribution < -0.4 is 10.5 Å². The first-order valence-corrected chi connectivity index (χ1v) is 11.4. The predicted molar refractivity (Wildman–Crippen MR) is 114 cm³/mol. The number of hydrogen-bond acceptors (Lipinski definition) is 4. The molecule has 0 aliphatic rings. The molecule has 0 bridgehead atoms. The molecule has 3 aromatic rings. The third kappa shape index (κ3) is 4.67. The van der Waals surface area contributed by atoms with E-state index in [1.807, 2.05) is 23.6 Å². The lowest BCUT2D eigenvalue weighted by Gasteiger charge is -2.14. The average Bonchev–Trinajstić information content (AvgIpc) is 3.20. The second kappa shape index (κ2) is 8.68. The van der Waals surface area contributed by atoms with E-state index in [1.165, 1.54) is 12.1 Å². The van der Waals surface area contributed by atoms with Crippen molar-refractivity contribution in [1.29, 1.82) is 0 Å². The van der Waals surface area contributed by atoms with Gasteiger partial charge in [-0.15, -0.1) is 11.3 Å². The maximum atomic E-state index is 13.0. The number of nitrogens with two attached hydrogens (primary N) is 1. The molecule has 0 atom stereocenters. The van der Waals surface area contributed by atoms with Gasteiger partial charge < -0.3 is 5.32 Å². The lowest BCUT2D eigenvalue weighted by molar-refractivity contribution is 0.102. The summed E-state index contributed by atoms with van der Waals surface area (Å²) >= 11 is 1.59. The van der Waals surface area contributed by atoms with E-state index >= 15 is 0 Å². The van der Waals surface area contributed by atoms with E-state index in [1.54, 1.807) is 29.5 Å². The molecule has 3 N–H and O–H groups in total. The fourth-order valence-corrected chi connectivity index (χ4v) is 4.41. The van der Waals surface area contributed by atoms with Crippen LogP contribution in [-0.4, -0.2) is 14.3 Å². The number of carbonyl (C=O) groups is 1. The minimum Gasteiger partial charge on any atom is -0.322 e. The highest BCUT2D eigenvalue weighted by atomic mass is 32.2. The zero-order chi connectivity index (χ0) is 20.1. The number of sulfonamides is 1. The second-order valence-electron chi connectivity index (χ2n) is 6.45. The van der Waals surface area contributed by atoms with Crippen molar-refractivity contribution in [2.75, 3.05) is 5.32 Å². The predicted octanol–water partition coefficient (Wildman–Crippen LogP) is 4.66. The number of benzene rings is 2. The summed E-state index contributed by atoms with van der Waals surface area (Å²) in [4.78, 5) is 14.0. The van der Waals surface area contributed by atoms with Crippen molar-refractivity contribution in [3.8, 4) is 10.4 Å². The number of aryl methyl sites for hydroxylation is 1. The fraction of sp³-hybridized carbons (Fsp3) is 0.190. The summed E-state index contributed by atoms with van der Waals surface area (Å²) in [6.45, 7) is 2.14. The number of anilines is 1. The monoisotopic (exact) mass is 414 g/mol. The normalized spacial score (nSPS) is 11.4. The van der Waals surface area contributed by atoms with Gasteiger partial charge in [-0.25, -0.2) is 13.6 Å². The van der Waals surface area contributed by atoms with Gasteiger partial charge in [0, 0.05) is 21.7 Å². The number of amides is 1. The molecule has 0 saturated carbocycles. The standard InChI is InChI=1S/C21H22N2O3S2/c1-2-3-7-15-8-4-11-18(20(15)19-12-6-13-27-19)21(24)23-16-9-5-10-17(14-16)28(22,25)26/h4-6,8-14H,2-3,7H2,1H3,(H,23,24)(H2,22,25,26). The first-order valence-electron chi connectivity index (χ1n) is 9.00. The number of carbonyl (C=O) groups excluding carboxylic acids is 1. The number of nitrogens with one attached hydrogen (secondary N) is 1. The van der Waals surface area contributed by atoms with Gasteiger partial charge in [-0.2, -0.15) is 0 Å². The summed E-state index contributed by atoms with van der Waals surface area (Å²) in [5, 5.41) is 9.97. The zero-order valence-corrected chi connectivity index (χ0v) is 17.1. The van der Waals surface area contributed by atoms with Crippen LogP contribution >= 0.6 is 11.3 Å². The van der Waals surface area contributed by atoms with Gasteiger partial charge in [0.05, 0.1) is 4.90 Å². The Kier molecular flexibility index (Phi) is 6.28. The maximum Gasteiger partial charge on any atom is 0.256 e. The van der Waals surface area contributed by atoms with Gasteiger partial charge >= 0.3 is 0 Å². The molecule has 0 saturated heterocycles. The Labute approximate surface area is 169 Å². The highest BCUT2D eigenvalue weighted by Gasteiger charge is 2.18. The summed E-state index contributed by atoms with van der Waals surface area (Å²) in [7, 11) is -3.84. The van der Waals surface area contributed by atoms with E-state index in [4.69, 9.17) is 5.14 Å². The molecule has 0 aliphatic carbocycles. The SMILES string of the molecule is CCCCc1cccc(C(=O)Nc2cccc(S(N)(=O)=O)c2)c1-c1cccs1. The van der Waals surface area contributed by atoms with Crippen molar-refractivity contribution in [1.82, 2.24) is 0 Å². The van der Waals surface area contributed by atoms with Crippen LogP contribution in [0.1, 0.15) is 35.7 Å². The average molecular weight is 415 g/mol. The van der Waals surface area contributed by atoms with Gasteiger partial charge in [0.1, 0.15) is 0 Å². The third-order valence-electron chi connectivity index (χ3n) is 4.38. The summed E-state index contributed by atoms with van der Waals surface area (Å²) in [6.07, 6.45) is 3.01. The van der Waals surface area contributed by atoms with Crippen LogP contribution in [-0.2, 0) is 16.4 Å². The summed E-state index contributed by atoms with van der Waals surface area (Å²) in [5.41, 5.74) is 3.02. The summed E-state index contributed by atoms with van der Waals surface area (Å²) in [6, 6.07) is 15.7. The molecule has 28 heavy (non-hydrogen) atoms. The summed E-state index contributed by atoms with van der Waals surface area (Å²) < 4.78 is 23.1. The lowest BCUT2D eigenvalue weighted by atomic mass is 9.95. The first-order chi connectivity index (χ1) is 13.4. The first kappa shape index (κ1) is 20.3. The molecule has 0 fully saturated rings. The van der Waals surface area contributed by atoms with Crippen molar-refractivity contribution < 1.29 is 13.2 Å². The topological polar surface area (TPSA) is 89.3 Å². The van der Waals surface area contributed by atoms with E-state index < -0.39 is 10.0 Å². The molecule has 0 unspecified atom stereocenters. The van der Waals surface area contributed by atoms with Crippen LogP contribution in [0.5, 0.6) is 0 Å². The van der Waals surface area contributed by atoms with E-state index in [0.29, 0.717) is 11.3 Å². The van der Waals surface area contributed by atoms with Gasteiger partial charge in [-0.05, 0) is 54.1 Å². The quantitative estimate of drug-likeness (QED) is 0.589. The molecule has 146 valence electrons. The van der Waals surface area contributed by atoms with Crippen LogP contribution in [0.2, 0.25) is 0 Å². The van der Waals surface area contributed by atoms with Crippen molar-refractivity contribution in [3.05, 3.63) is 71.1 Å². The molecule has 1 aromatic heterocycles. The smallest absolute Gasteiger partial charge is 0.256 e. The molecule has 5 nitrogen and oxygen atoms in total. The molecular weight excluding hydrogens is 392 g/mol. The number of primary sulfonamides is 1. The van der Waals surface area contributed by atoms with Crippen LogP contribution in [0.25, 0.3) is 10.4 Å².